The van der Waals surface area contributed by atoms with Gasteiger partial charge in [-0.15, -0.1) is 11.3 Å². The van der Waals surface area contributed by atoms with Crippen LogP contribution in [0.2, 0.25) is 0 Å². The van der Waals surface area contributed by atoms with E-state index in [1.54, 1.807) is 6.07 Å². The van der Waals surface area contributed by atoms with Gasteiger partial charge in [0.2, 0.25) is 10.0 Å². The van der Waals surface area contributed by atoms with Crippen LogP contribution >= 0.6 is 11.3 Å². The lowest BCUT2D eigenvalue weighted by Gasteiger charge is -2.09. The van der Waals surface area contributed by atoms with E-state index >= 15 is 0 Å². The zero-order chi connectivity index (χ0) is 13.7. The van der Waals surface area contributed by atoms with Crippen LogP contribution in [0.5, 0.6) is 0 Å². The summed E-state index contributed by atoms with van der Waals surface area (Å²) in [6.45, 7) is 1.26. The lowest BCUT2D eigenvalue weighted by molar-refractivity contribution is 0.496. The molecule has 108 valence electrons. The van der Waals surface area contributed by atoms with E-state index in [9.17, 15) is 8.42 Å². The van der Waals surface area contributed by atoms with E-state index in [0.717, 1.165) is 12.0 Å². The van der Waals surface area contributed by atoms with Crippen LogP contribution in [-0.2, 0) is 16.6 Å². The molecule has 0 saturated heterocycles. The van der Waals surface area contributed by atoms with E-state index in [-0.39, 0.29) is 0 Å². The van der Waals surface area contributed by atoms with E-state index in [4.69, 9.17) is 0 Å². The van der Waals surface area contributed by atoms with E-state index in [1.165, 1.54) is 37.0 Å². The minimum atomic E-state index is -3.31. The van der Waals surface area contributed by atoms with Gasteiger partial charge in [-0.1, -0.05) is 25.7 Å². The summed E-state index contributed by atoms with van der Waals surface area (Å²) >= 11 is 1.29. The average molecular weight is 302 g/mol. The number of hydrogen-bond acceptors (Lipinski definition) is 4. The number of rotatable bonds is 7. The minimum absolute atomic E-state index is 0.421. The van der Waals surface area contributed by atoms with E-state index in [0.29, 0.717) is 23.2 Å². The first-order valence-electron chi connectivity index (χ1n) is 6.83. The van der Waals surface area contributed by atoms with E-state index in [1.807, 2.05) is 12.4 Å². The van der Waals surface area contributed by atoms with Gasteiger partial charge in [-0.05, 0) is 36.4 Å². The second kappa shape index (κ2) is 6.83. The first kappa shape index (κ1) is 15.0. The second-order valence-corrected chi connectivity index (χ2v) is 8.05. The molecule has 0 aromatic carbocycles. The monoisotopic (exact) mass is 302 g/mol. The number of hydrogen-bond donors (Lipinski definition) is 2. The van der Waals surface area contributed by atoms with Crippen LogP contribution in [0, 0.1) is 5.92 Å². The van der Waals surface area contributed by atoms with Gasteiger partial charge in [0.25, 0.3) is 0 Å². The van der Waals surface area contributed by atoms with Crippen LogP contribution < -0.4 is 10.0 Å². The zero-order valence-electron chi connectivity index (χ0n) is 11.3. The topological polar surface area (TPSA) is 58.2 Å². The van der Waals surface area contributed by atoms with Crippen LogP contribution in [0.25, 0.3) is 0 Å². The van der Waals surface area contributed by atoms with E-state index in [2.05, 4.69) is 10.0 Å². The Morgan fingerprint density at radius 3 is 2.79 bits per heavy atom. The molecule has 1 fully saturated rings. The molecule has 0 atom stereocenters. The molecule has 1 aliphatic carbocycles. The average Bonchev–Trinajstić information content (AvgIpc) is 3.00. The largest absolute Gasteiger partial charge is 0.316 e. The molecule has 0 radical (unpaired) electrons. The molecule has 4 nitrogen and oxygen atoms in total. The molecule has 0 bridgehead atoms. The lowest BCUT2D eigenvalue weighted by Crippen LogP contribution is -2.25. The van der Waals surface area contributed by atoms with Crippen molar-refractivity contribution < 1.29 is 8.42 Å². The van der Waals surface area contributed by atoms with Gasteiger partial charge in [0.1, 0.15) is 4.21 Å². The molecule has 19 heavy (non-hydrogen) atoms. The normalized spacial score (nSPS) is 17.1. The summed E-state index contributed by atoms with van der Waals surface area (Å²) < 4.78 is 27.3. The van der Waals surface area contributed by atoms with Crippen molar-refractivity contribution in [1.29, 1.82) is 0 Å². The first-order valence-corrected chi connectivity index (χ1v) is 9.20. The van der Waals surface area contributed by atoms with Crippen molar-refractivity contribution >= 4 is 21.4 Å². The number of sulfonamides is 1. The molecule has 0 amide bonds. The summed E-state index contributed by atoms with van der Waals surface area (Å²) in [5, 5.41) is 4.91. The Balaban J connectivity index is 1.85. The summed E-state index contributed by atoms with van der Waals surface area (Å²) in [7, 11) is -1.46. The highest BCUT2D eigenvalue weighted by Crippen LogP contribution is 2.27. The van der Waals surface area contributed by atoms with Crippen molar-refractivity contribution in [2.24, 2.45) is 5.92 Å². The molecule has 2 rings (SSSR count). The van der Waals surface area contributed by atoms with Gasteiger partial charge in [0.05, 0.1) is 0 Å². The molecule has 6 heteroatoms. The van der Waals surface area contributed by atoms with Crippen LogP contribution in [0.4, 0.5) is 0 Å². The fraction of sp³-hybridized carbons (Fsp3) is 0.692. The third-order valence-corrected chi connectivity index (χ3v) is 6.54. The summed E-state index contributed by atoms with van der Waals surface area (Å²) in [4.78, 5) is 0. The highest BCUT2D eigenvalue weighted by atomic mass is 32.2. The Labute approximate surface area is 119 Å². The molecule has 1 heterocycles. The molecule has 0 unspecified atom stereocenters. The Morgan fingerprint density at radius 2 is 2.11 bits per heavy atom. The third-order valence-electron chi connectivity index (χ3n) is 3.59. The van der Waals surface area contributed by atoms with Crippen molar-refractivity contribution in [3.05, 3.63) is 17.0 Å². The van der Waals surface area contributed by atoms with Gasteiger partial charge in [-0.25, -0.2) is 13.1 Å². The van der Waals surface area contributed by atoms with E-state index < -0.39 is 10.0 Å². The molecule has 2 N–H and O–H groups in total. The predicted octanol–water partition coefficient (Wildman–Crippen LogP) is 2.33. The van der Waals surface area contributed by atoms with Crippen molar-refractivity contribution in [3.8, 4) is 0 Å². The molecular formula is C13H22N2O2S2. The fourth-order valence-corrected chi connectivity index (χ4v) is 4.86. The fourth-order valence-electron chi connectivity index (χ4n) is 2.56. The maximum atomic E-state index is 12.1. The van der Waals surface area contributed by atoms with Crippen molar-refractivity contribution in [2.45, 2.75) is 42.9 Å². The standard InChI is InChI=1S/C13H22N2O2S2/c1-14-9-12-8-13(18-10-12)19(16,17)15-7-6-11-4-2-3-5-11/h8,10-11,14-15H,2-7,9H2,1H3. The Hall–Kier alpha value is -0.430. The van der Waals surface area contributed by atoms with Crippen molar-refractivity contribution in [3.63, 3.8) is 0 Å². The maximum Gasteiger partial charge on any atom is 0.250 e. The molecule has 1 aliphatic rings. The van der Waals surface area contributed by atoms with Crippen LogP contribution in [0.15, 0.2) is 15.7 Å². The highest BCUT2D eigenvalue weighted by Gasteiger charge is 2.19. The zero-order valence-corrected chi connectivity index (χ0v) is 12.9. The minimum Gasteiger partial charge on any atom is -0.316 e. The second-order valence-electron chi connectivity index (χ2n) is 5.14. The summed E-state index contributed by atoms with van der Waals surface area (Å²) in [6.07, 6.45) is 6.08. The first-order chi connectivity index (χ1) is 9.12. The SMILES string of the molecule is CNCc1csc(S(=O)(=O)NCCC2CCCC2)c1. The van der Waals surface area contributed by atoms with Gasteiger partial charge in [0.15, 0.2) is 0 Å². The van der Waals surface area contributed by atoms with Gasteiger partial charge < -0.3 is 5.32 Å². The van der Waals surface area contributed by atoms with Crippen molar-refractivity contribution in [1.82, 2.24) is 10.0 Å². The van der Waals surface area contributed by atoms with Crippen LogP contribution in [0.1, 0.15) is 37.7 Å². The smallest absolute Gasteiger partial charge is 0.250 e. The molecule has 0 spiro atoms. The highest BCUT2D eigenvalue weighted by molar-refractivity contribution is 7.91. The molecule has 1 aromatic rings. The number of nitrogens with one attached hydrogen (secondary N) is 2. The van der Waals surface area contributed by atoms with Crippen LogP contribution in [-0.4, -0.2) is 22.0 Å². The third kappa shape index (κ3) is 4.27. The van der Waals surface area contributed by atoms with Gasteiger partial charge in [-0.2, -0.15) is 0 Å². The molecule has 0 aliphatic heterocycles. The number of thiophene rings is 1. The Kier molecular flexibility index (Phi) is 5.38. The predicted molar refractivity (Wildman–Crippen MR) is 78.8 cm³/mol. The molecular weight excluding hydrogens is 280 g/mol. The summed E-state index contributed by atoms with van der Waals surface area (Å²) in [5.74, 6) is 0.714. The van der Waals surface area contributed by atoms with Crippen molar-refractivity contribution in [2.75, 3.05) is 13.6 Å². The van der Waals surface area contributed by atoms with Gasteiger partial charge in [-0.3, -0.25) is 0 Å². The summed E-state index contributed by atoms with van der Waals surface area (Å²) in [6, 6.07) is 1.75. The van der Waals surface area contributed by atoms with Gasteiger partial charge >= 0.3 is 0 Å². The Bertz CT molecular complexity index is 490. The lowest BCUT2D eigenvalue weighted by atomic mass is 10.1. The van der Waals surface area contributed by atoms with Crippen LogP contribution in [0.3, 0.4) is 0 Å². The molecule has 1 aromatic heterocycles. The summed E-state index contributed by atoms with van der Waals surface area (Å²) in [5.41, 5.74) is 1.02. The molecule has 1 saturated carbocycles. The quantitative estimate of drug-likeness (QED) is 0.813. The Morgan fingerprint density at radius 1 is 1.37 bits per heavy atom. The van der Waals surface area contributed by atoms with Gasteiger partial charge in [0, 0.05) is 13.1 Å². The maximum absolute atomic E-state index is 12.1.